The molecule has 1 aromatic carbocycles. The number of benzene rings is 1. The Morgan fingerprint density at radius 2 is 1.90 bits per heavy atom. The molecule has 166 valence electrons. The highest BCUT2D eigenvalue weighted by Crippen LogP contribution is 2.24. The maximum absolute atomic E-state index is 12.7. The number of amides is 2. The van der Waals surface area contributed by atoms with Gasteiger partial charge in [0.25, 0.3) is 0 Å². The fourth-order valence-electron chi connectivity index (χ4n) is 4.00. The second kappa shape index (κ2) is 9.79. The van der Waals surface area contributed by atoms with Gasteiger partial charge >= 0.3 is 6.09 Å². The number of anilines is 1. The Labute approximate surface area is 179 Å². The molecule has 7 heteroatoms. The first-order valence-corrected chi connectivity index (χ1v) is 11.0. The highest BCUT2D eigenvalue weighted by molar-refractivity contribution is 5.92. The monoisotopic (exact) mass is 417 g/mol. The van der Waals surface area contributed by atoms with Gasteiger partial charge in [0.2, 0.25) is 5.91 Å². The van der Waals surface area contributed by atoms with Gasteiger partial charge in [-0.1, -0.05) is 12.1 Å². The second-order valence-corrected chi connectivity index (χ2v) is 9.38. The van der Waals surface area contributed by atoms with E-state index in [0.717, 1.165) is 30.5 Å². The summed E-state index contributed by atoms with van der Waals surface area (Å²) in [6, 6.07) is 7.88. The highest BCUT2D eigenvalue weighted by Gasteiger charge is 2.30. The van der Waals surface area contributed by atoms with Crippen LogP contribution in [0.15, 0.2) is 24.3 Å². The lowest BCUT2D eigenvalue weighted by molar-refractivity contribution is -0.121. The molecular formula is C23H35N3O4. The molecule has 0 unspecified atom stereocenters. The summed E-state index contributed by atoms with van der Waals surface area (Å²) in [7, 11) is 0. The topological polar surface area (TPSA) is 93.9 Å². The zero-order chi connectivity index (χ0) is 21.7. The molecule has 0 aromatic heterocycles. The standard InChI is InChI=1S/C23H35N3O4/c1-23(2,3)30-22(28)26-12-10-17(11-13-26)21(27)25-18-7-4-6-16(14-18)15-29-20-9-5-8-19(20)24/h4,6-7,14,17,19-20H,5,8-13,15,24H2,1-3H3,(H,25,27)/t19-,20-/m0/s1. The Bertz CT molecular complexity index is 738. The molecule has 3 N–H and O–H groups in total. The van der Waals surface area contributed by atoms with E-state index in [0.29, 0.717) is 32.5 Å². The SMILES string of the molecule is CC(C)(C)OC(=O)N1CCC(C(=O)Nc2cccc(CO[C@H]3CCC[C@@H]3N)c2)CC1. The normalized spacial score (nSPS) is 22.7. The van der Waals surface area contributed by atoms with Crippen LogP contribution in [0.5, 0.6) is 0 Å². The Kier molecular flexibility index (Phi) is 7.36. The van der Waals surface area contributed by atoms with E-state index in [1.165, 1.54) is 0 Å². The Balaban J connectivity index is 1.46. The number of likely N-dealkylation sites (tertiary alicyclic amines) is 1. The number of piperidine rings is 1. The summed E-state index contributed by atoms with van der Waals surface area (Å²) in [5, 5.41) is 3.02. The fourth-order valence-corrected chi connectivity index (χ4v) is 4.00. The summed E-state index contributed by atoms with van der Waals surface area (Å²) >= 11 is 0. The molecule has 2 atom stereocenters. The van der Waals surface area contributed by atoms with Gasteiger partial charge in [-0.2, -0.15) is 0 Å². The smallest absolute Gasteiger partial charge is 0.410 e. The Hall–Kier alpha value is -2.12. The molecule has 0 bridgehead atoms. The van der Waals surface area contributed by atoms with E-state index >= 15 is 0 Å². The molecule has 1 saturated heterocycles. The molecule has 2 aliphatic rings. The van der Waals surface area contributed by atoms with Crippen molar-refractivity contribution >= 4 is 17.7 Å². The largest absolute Gasteiger partial charge is 0.444 e. The van der Waals surface area contributed by atoms with Crippen LogP contribution in [-0.2, 0) is 20.9 Å². The van der Waals surface area contributed by atoms with E-state index < -0.39 is 5.60 Å². The minimum atomic E-state index is -0.511. The number of nitrogens with two attached hydrogens (primary N) is 1. The van der Waals surface area contributed by atoms with Crippen LogP contribution >= 0.6 is 0 Å². The van der Waals surface area contributed by atoms with Crippen molar-refractivity contribution < 1.29 is 19.1 Å². The second-order valence-electron chi connectivity index (χ2n) is 9.38. The minimum Gasteiger partial charge on any atom is -0.444 e. The maximum Gasteiger partial charge on any atom is 0.410 e. The number of rotatable bonds is 5. The first-order valence-electron chi connectivity index (χ1n) is 11.0. The predicted octanol–water partition coefficient (Wildman–Crippen LogP) is 3.67. The predicted molar refractivity (Wildman–Crippen MR) is 116 cm³/mol. The third kappa shape index (κ3) is 6.44. The Morgan fingerprint density at radius 3 is 2.53 bits per heavy atom. The van der Waals surface area contributed by atoms with Crippen LogP contribution in [0.4, 0.5) is 10.5 Å². The van der Waals surface area contributed by atoms with Crippen molar-refractivity contribution in [2.75, 3.05) is 18.4 Å². The zero-order valence-corrected chi connectivity index (χ0v) is 18.4. The fraction of sp³-hybridized carbons (Fsp3) is 0.652. The van der Waals surface area contributed by atoms with Crippen molar-refractivity contribution in [1.29, 1.82) is 0 Å². The lowest BCUT2D eigenvalue weighted by Gasteiger charge is -2.32. The number of nitrogens with one attached hydrogen (secondary N) is 1. The highest BCUT2D eigenvalue weighted by atomic mass is 16.6. The van der Waals surface area contributed by atoms with Crippen LogP contribution in [0.25, 0.3) is 0 Å². The van der Waals surface area contributed by atoms with Gasteiger partial charge < -0.3 is 25.4 Å². The van der Waals surface area contributed by atoms with E-state index in [2.05, 4.69) is 5.32 Å². The number of ether oxygens (including phenoxy) is 2. The number of carbonyl (C=O) groups excluding carboxylic acids is 2. The maximum atomic E-state index is 12.7. The molecule has 7 nitrogen and oxygen atoms in total. The molecule has 1 heterocycles. The van der Waals surface area contributed by atoms with E-state index in [4.69, 9.17) is 15.2 Å². The molecule has 30 heavy (non-hydrogen) atoms. The number of carbonyl (C=O) groups is 2. The molecule has 3 rings (SSSR count). The van der Waals surface area contributed by atoms with Crippen molar-refractivity contribution in [3.05, 3.63) is 29.8 Å². The van der Waals surface area contributed by atoms with E-state index in [1.54, 1.807) is 4.90 Å². The van der Waals surface area contributed by atoms with Crippen LogP contribution in [0.3, 0.4) is 0 Å². The average molecular weight is 418 g/mol. The number of nitrogens with zero attached hydrogens (tertiary/aromatic N) is 1. The zero-order valence-electron chi connectivity index (χ0n) is 18.4. The van der Waals surface area contributed by atoms with Crippen molar-refractivity contribution in [1.82, 2.24) is 4.90 Å². The van der Waals surface area contributed by atoms with Crippen LogP contribution < -0.4 is 11.1 Å². The average Bonchev–Trinajstić information content (AvgIpc) is 3.10. The summed E-state index contributed by atoms with van der Waals surface area (Å²) in [6.07, 6.45) is 4.23. The third-order valence-electron chi connectivity index (χ3n) is 5.68. The molecule has 1 aromatic rings. The van der Waals surface area contributed by atoms with Crippen molar-refractivity contribution in [2.45, 2.75) is 77.2 Å². The lowest BCUT2D eigenvalue weighted by atomic mass is 9.96. The molecule has 2 fully saturated rings. The van der Waals surface area contributed by atoms with Gasteiger partial charge in [-0.25, -0.2) is 4.79 Å². The van der Waals surface area contributed by atoms with E-state index in [9.17, 15) is 9.59 Å². The van der Waals surface area contributed by atoms with Gasteiger partial charge in [0, 0.05) is 30.7 Å². The number of hydrogen-bond acceptors (Lipinski definition) is 5. The van der Waals surface area contributed by atoms with E-state index in [-0.39, 0.29) is 30.1 Å². The van der Waals surface area contributed by atoms with Crippen LogP contribution in [0.2, 0.25) is 0 Å². The van der Waals surface area contributed by atoms with Gasteiger partial charge in [0.05, 0.1) is 12.7 Å². The van der Waals surface area contributed by atoms with Gasteiger partial charge in [0.15, 0.2) is 0 Å². The van der Waals surface area contributed by atoms with Crippen molar-refractivity contribution in [2.24, 2.45) is 11.7 Å². The van der Waals surface area contributed by atoms with Gasteiger partial charge in [-0.05, 0) is 70.6 Å². The molecule has 1 aliphatic carbocycles. The summed E-state index contributed by atoms with van der Waals surface area (Å²) in [5.74, 6) is -0.116. The van der Waals surface area contributed by atoms with E-state index in [1.807, 2.05) is 45.0 Å². The van der Waals surface area contributed by atoms with Gasteiger partial charge in [-0.3, -0.25) is 4.79 Å². The number of hydrogen-bond donors (Lipinski definition) is 2. The molecular weight excluding hydrogens is 382 g/mol. The van der Waals surface area contributed by atoms with Gasteiger partial charge in [-0.15, -0.1) is 0 Å². The molecule has 0 spiro atoms. The van der Waals surface area contributed by atoms with Crippen LogP contribution in [0, 0.1) is 5.92 Å². The molecule has 1 aliphatic heterocycles. The van der Waals surface area contributed by atoms with Crippen LogP contribution in [0.1, 0.15) is 58.4 Å². The summed E-state index contributed by atoms with van der Waals surface area (Å²) < 4.78 is 11.4. The van der Waals surface area contributed by atoms with Crippen molar-refractivity contribution in [3.8, 4) is 0 Å². The molecule has 0 radical (unpaired) electrons. The molecule has 2 amide bonds. The Morgan fingerprint density at radius 1 is 1.17 bits per heavy atom. The molecule has 1 saturated carbocycles. The summed E-state index contributed by atoms with van der Waals surface area (Å²) in [5.41, 5.74) is 7.34. The first kappa shape index (κ1) is 22.6. The minimum absolute atomic E-state index is 0.00489. The lowest BCUT2D eigenvalue weighted by Crippen LogP contribution is -2.43. The first-order chi connectivity index (χ1) is 14.2. The quantitative estimate of drug-likeness (QED) is 0.762. The summed E-state index contributed by atoms with van der Waals surface area (Å²) in [4.78, 5) is 26.6. The van der Waals surface area contributed by atoms with Crippen LogP contribution in [-0.4, -0.2) is 47.7 Å². The third-order valence-corrected chi connectivity index (χ3v) is 5.68. The van der Waals surface area contributed by atoms with Gasteiger partial charge in [0.1, 0.15) is 5.60 Å². The van der Waals surface area contributed by atoms with Crippen molar-refractivity contribution in [3.63, 3.8) is 0 Å². The summed E-state index contributed by atoms with van der Waals surface area (Å²) in [6.45, 7) is 7.12.